The summed E-state index contributed by atoms with van der Waals surface area (Å²) in [5.74, 6) is 1.91. The van der Waals surface area contributed by atoms with Crippen LogP contribution < -0.4 is 14.2 Å². The lowest BCUT2D eigenvalue weighted by Crippen LogP contribution is -2.12. The molecule has 4 aromatic rings. The zero-order chi connectivity index (χ0) is 21.5. The highest BCUT2D eigenvalue weighted by molar-refractivity contribution is 7.92. The molecule has 0 saturated carbocycles. The van der Waals surface area contributed by atoms with Crippen molar-refractivity contribution in [3.05, 3.63) is 115 Å². The molecule has 4 rings (SSSR count). The normalized spacial score (nSPS) is 11.0. The summed E-state index contributed by atoms with van der Waals surface area (Å²) >= 11 is 0. The Balaban J connectivity index is 1.37. The fraction of sp³-hybridized carbons (Fsp3) is 0.0400. The quantitative estimate of drug-likeness (QED) is 0.380. The van der Waals surface area contributed by atoms with E-state index in [4.69, 9.17) is 9.47 Å². The average Bonchev–Trinajstić information content (AvgIpc) is 2.80. The van der Waals surface area contributed by atoms with Gasteiger partial charge in [-0.2, -0.15) is 0 Å². The predicted octanol–water partition coefficient (Wildman–Crippen LogP) is 5.86. The predicted molar refractivity (Wildman–Crippen MR) is 121 cm³/mol. The molecule has 0 aromatic heterocycles. The van der Waals surface area contributed by atoms with Gasteiger partial charge in [0.2, 0.25) is 0 Å². The lowest BCUT2D eigenvalue weighted by molar-refractivity contribution is 0.306. The number of hydrogen-bond acceptors (Lipinski definition) is 4. The Labute approximate surface area is 182 Å². The molecular formula is C25H21NO4S. The highest BCUT2D eigenvalue weighted by Gasteiger charge is 2.14. The second-order valence-corrected chi connectivity index (χ2v) is 8.47. The molecule has 0 spiro atoms. The monoisotopic (exact) mass is 431 g/mol. The third-order valence-corrected chi connectivity index (χ3v) is 5.86. The van der Waals surface area contributed by atoms with E-state index in [1.807, 2.05) is 60.7 Å². The molecule has 5 nitrogen and oxygen atoms in total. The molecule has 4 aromatic carbocycles. The van der Waals surface area contributed by atoms with Gasteiger partial charge >= 0.3 is 0 Å². The number of benzene rings is 4. The van der Waals surface area contributed by atoms with Gasteiger partial charge < -0.3 is 9.47 Å². The van der Waals surface area contributed by atoms with Crippen molar-refractivity contribution >= 4 is 15.7 Å². The number of ether oxygens (including phenoxy) is 2. The van der Waals surface area contributed by atoms with Crippen LogP contribution in [-0.4, -0.2) is 8.42 Å². The minimum Gasteiger partial charge on any atom is -0.489 e. The van der Waals surface area contributed by atoms with Gasteiger partial charge in [-0.05, 0) is 66.2 Å². The third-order valence-electron chi connectivity index (χ3n) is 4.47. The van der Waals surface area contributed by atoms with Crippen molar-refractivity contribution < 1.29 is 17.9 Å². The Morgan fingerprint density at radius 1 is 0.613 bits per heavy atom. The highest BCUT2D eigenvalue weighted by Crippen LogP contribution is 2.24. The number of para-hydroxylation sites is 1. The smallest absolute Gasteiger partial charge is 0.261 e. The first-order valence-corrected chi connectivity index (χ1v) is 11.2. The van der Waals surface area contributed by atoms with Crippen molar-refractivity contribution in [2.24, 2.45) is 0 Å². The minimum absolute atomic E-state index is 0.150. The van der Waals surface area contributed by atoms with Gasteiger partial charge in [0.05, 0.1) is 4.90 Å². The van der Waals surface area contributed by atoms with Crippen LogP contribution in [0, 0.1) is 0 Å². The SMILES string of the molecule is O=S(=O)(Nc1ccc(OCc2ccccc2)cc1)c1ccc(Oc2ccccc2)cc1. The van der Waals surface area contributed by atoms with Gasteiger partial charge in [0, 0.05) is 5.69 Å². The Morgan fingerprint density at radius 2 is 1.16 bits per heavy atom. The largest absolute Gasteiger partial charge is 0.489 e. The van der Waals surface area contributed by atoms with Crippen molar-refractivity contribution in [2.45, 2.75) is 11.5 Å². The first kappa shape index (κ1) is 20.5. The highest BCUT2D eigenvalue weighted by atomic mass is 32.2. The molecule has 0 fully saturated rings. The fourth-order valence-electron chi connectivity index (χ4n) is 2.89. The first-order valence-electron chi connectivity index (χ1n) is 9.71. The summed E-state index contributed by atoms with van der Waals surface area (Å²) in [6.45, 7) is 0.448. The lowest BCUT2D eigenvalue weighted by Gasteiger charge is -2.11. The summed E-state index contributed by atoms with van der Waals surface area (Å²) in [4.78, 5) is 0.150. The van der Waals surface area contributed by atoms with E-state index in [1.54, 1.807) is 36.4 Å². The van der Waals surface area contributed by atoms with Gasteiger partial charge in [-0.15, -0.1) is 0 Å². The molecule has 0 aliphatic heterocycles. The maximum atomic E-state index is 12.7. The minimum atomic E-state index is -3.72. The molecule has 0 radical (unpaired) electrons. The fourth-order valence-corrected chi connectivity index (χ4v) is 3.94. The first-order chi connectivity index (χ1) is 15.1. The second-order valence-electron chi connectivity index (χ2n) is 6.79. The van der Waals surface area contributed by atoms with Gasteiger partial charge in [0.1, 0.15) is 23.9 Å². The number of rotatable bonds is 8. The van der Waals surface area contributed by atoms with Gasteiger partial charge in [-0.1, -0.05) is 48.5 Å². The molecule has 0 saturated heterocycles. The lowest BCUT2D eigenvalue weighted by atomic mass is 10.2. The van der Waals surface area contributed by atoms with Crippen LogP contribution in [0.3, 0.4) is 0 Å². The molecule has 0 heterocycles. The number of sulfonamides is 1. The van der Waals surface area contributed by atoms with Crippen LogP contribution in [0.4, 0.5) is 5.69 Å². The summed E-state index contributed by atoms with van der Waals surface area (Å²) in [7, 11) is -3.72. The molecule has 1 N–H and O–H groups in total. The van der Waals surface area contributed by atoms with E-state index in [0.29, 0.717) is 29.5 Å². The van der Waals surface area contributed by atoms with Crippen LogP contribution in [0.1, 0.15) is 5.56 Å². The maximum absolute atomic E-state index is 12.7. The van der Waals surface area contributed by atoms with Crippen LogP contribution in [0.15, 0.2) is 114 Å². The Hall–Kier alpha value is -3.77. The third kappa shape index (κ3) is 5.65. The number of anilines is 1. The van der Waals surface area contributed by atoms with E-state index >= 15 is 0 Å². The second kappa shape index (κ2) is 9.36. The summed E-state index contributed by atoms with van der Waals surface area (Å²) in [6, 6.07) is 32.2. The standard InChI is InChI=1S/C25H21NO4S/c27-31(28,25-17-15-24(16-18-25)30-23-9-5-2-6-10-23)26-21-11-13-22(14-12-21)29-19-20-7-3-1-4-8-20/h1-18,26H,19H2. The van der Waals surface area contributed by atoms with Gasteiger partial charge in [-0.25, -0.2) is 8.42 Å². The van der Waals surface area contributed by atoms with Crippen molar-refractivity contribution in [3.8, 4) is 17.2 Å². The Bertz CT molecular complexity index is 1210. The van der Waals surface area contributed by atoms with E-state index in [9.17, 15) is 8.42 Å². The van der Waals surface area contributed by atoms with E-state index in [1.165, 1.54) is 12.1 Å². The summed E-state index contributed by atoms with van der Waals surface area (Å²) in [5.41, 5.74) is 1.52. The topological polar surface area (TPSA) is 64.6 Å². The molecule has 0 aliphatic carbocycles. The zero-order valence-electron chi connectivity index (χ0n) is 16.6. The molecule has 0 bridgehead atoms. The van der Waals surface area contributed by atoms with Crippen LogP contribution in [0.5, 0.6) is 17.2 Å². The Morgan fingerprint density at radius 3 is 1.81 bits per heavy atom. The summed E-state index contributed by atoms with van der Waals surface area (Å²) < 4.78 is 39.4. The van der Waals surface area contributed by atoms with E-state index < -0.39 is 10.0 Å². The molecule has 31 heavy (non-hydrogen) atoms. The molecular weight excluding hydrogens is 410 g/mol. The summed E-state index contributed by atoms with van der Waals surface area (Å²) in [6.07, 6.45) is 0. The number of hydrogen-bond donors (Lipinski definition) is 1. The molecule has 0 aliphatic rings. The molecule has 0 amide bonds. The van der Waals surface area contributed by atoms with Crippen molar-refractivity contribution in [2.75, 3.05) is 4.72 Å². The van der Waals surface area contributed by atoms with Crippen LogP contribution >= 0.6 is 0 Å². The summed E-state index contributed by atoms with van der Waals surface area (Å²) in [5, 5.41) is 0. The molecule has 0 atom stereocenters. The van der Waals surface area contributed by atoms with E-state index in [0.717, 1.165) is 5.56 Å². The van der Waals surface area contributed by atoms with Crippen LogP contribution in [0.2, 0.25) is 0 Å². The van der Waals surface area contributed by atoms with Crippen molar-refractivity contribution in [3.63, 3.8) is 0 Å². The maximum Gasteiger partial charge on any atom is 0.261 e. The van der Waals surface area contributed by atoms with E-state index in [2.05, 4.69) is 4.72 Å². The average molecular weight is 432 g/mol. The van der Waals surface area contributed by atoms with Crippen LogP contribution in [0.25, 0.3) is 0 Å². The van der Waals surface area contributed by atoms with Gasteiger partial charge in [0.25, 0.3) is 10.0 Å². The molecule has 156 valence electrons. The molecule has 6 heteroatoms. The van der Waals surface area contributed by atoms with Gasteiger partial charge in [-0.3, -0.25) is 4.72 Å². The number of nitrogens with one attached hydrogen (secondary N) is 1. The van der Waals surface area contributed by atoms with Crippen molar-refractivity contribution in [1.29, 1.82) is 0 Å². The van der Waals surface area contributed by atoms with Crippen LogP contribution in [-0.2, 0) is 16.6 Å². The Kier molecular flexibility index (Phi) is 6.19. The van der Waals surface area contributed by atoms with Gasteiger partial charge in [0.15, 0.2) is 0 Å². The van der Waals surface area contributed by atoms with Crippen molar-refractivity contribution in [1.82, 2.24) is 0 Å². The molecule has 0 unspecified atom stereocenters. The zero-order valence-corrected chi connectivity index (χ0v) is 17.5. The van der Waals surface area contributed by atoms with E-state index in [-0.39, 0.29) is 4.90 Å².